The summed E-state index contributed by atoms with van der Waals surface area (Å²) < 4.78 is 19.4. The molecule has 0 fully saturated rings. The molecule has 4 nitrogen and oxygen atoms in total. The van der Waals surface area contributed by atoms with E-state index in [9.17, 15) is 4.39 Å². The molecule has 102 valence electrons. The van der Waals surface area contributed by atoms with E-state index in [1.54, 1.807) is 13.0 Å². The molecule has 0 amide bonds. The molecule has 2 rings (SSSR count). The summed E-state index contributed by atoms with van der Waals surface area (Å²) in [5.41, 5.74) is 0.646. The molecule has 6 heteroatoms. The van der Waals surface area contributed by atoms with Crippen LogP contribution in [0, 0.1) is 12.7 Å². The molecule has 0 saturated heterocycles. The molecule has 0 aliphatic heterocycles. The lowest BCUT2D eigenvalue weighted by molar-refractivity contribution is 0.386. The average Bonchev–Trinajstić information content (AvgIpc) is 2.75. The van der Waals surface area contributed by atoms with Crippen molar-refractivity contribution in [3.8, 4) is 0 Å². The van der Waals surface area contributed by atoms with E-state index in [4.69, 9.17) is 4.52 Å². The summed E-state index contributed by atoms with van der Waals surface area (Å²) in [6.45, 7) is 4.34. The zero-order valence-corrected chi connectivity index (χ0v) is 12.4. The molecule has 19 heavy (non-hydrogen) atoms. The molecule has 0 aliphatic carbocycles. The van der Waals surface area contributed by atoms with Crippen molar-refractivity contribution in [3.63, 3.8) is 0 Å². The Bertz CT molecular complexity index is 559. The van der Waals surface area contributed by atoms with E-state index in [-0.39, 0.29) is 11.9 Å². The molecule has 1 aromatic carbocycles. The first kappa shape index (κ1) is 14.1. The van der Waals surface area contributed by atoms with Crippen molar-refractivity contribution in [1.82, 2.24) is 15.5 Å². The van der Waals surface area contributed by atoms with Gasteiger partial charge in [0.05, 0.1) is 0 Å². The lowest BCUT2D eigenvalue weighted by Gasteiger charge is -2.14. The fourth-order valence-electron chi connectivity index (χ4n) is 1.81. The standard InChI is InChI=1S/C13H15BrFN3O/c1-8(11-4-3-10(14)7-12(11)15)16-6-5-13-17-9(2)19-18-13/h3-4,7-8,16H,5-6H2,1-2H3. The zero-order valence-electron chi connectivity index (χ0n) is 10.8. The number of hydrogen-bond donors (Lipinski definition) is 1. The van der Waals surface area contributed by atoms with Crippen molar-refractivity contribution in [3.05, 3.63) is 45.8 Å². The van der Waals surface area contributed by atoms with E-state index < -0.39 is 0 Å². The minimum Gasteiger partial charge on any atom is -0.340 e. The Labute approximate surface area is 119 Å². The summed E-state index contributed by atoms with van der Waals surface area (Å²) in [7, 11) is 0. The number of aryl methyl sites for hydroxylation is 1. The zero-order chi connectivity index (χ0) is 13.8. The van der Waals surface area contributed by atoms with Crippen molar-refractivity contribution in [2.45, 2.75) is 26.3 Å². The smallest absolute Gasteiger partial charge is 0.223 e. The van der Waals surface area contributed by atoms with Gasteiger partial charge in [-0.3, -0.25) is 0 Å². The van der Waals surface area contributed by atoms with Crippen molar-refractivity contribution < 1.29 is 8.91 Å². The lowest BCUT2D eigenvalue weighted by Crippen LogP contribution is -2.22. The van der Waals surface area contributed by atoms with Gasteiger partial charge in [-0.1, -0.05) is 27.2 Å². The Balaban J connectivity index is 1.88. The fourth-order valence-corrected chi connectivity index (χ4v) is 2.14. The predicted molar refractivity (Wildman–Crippen MR) is 73.3 cm³/mol. The largest absolute Gasteiger partial charge is 0.340 e. The van der Waals surface area contributed by atoms with Gasteiger partial charge in [-0.05, 0) is 19.1 Å². The predicted octanol–water partition coefficient (Wildman–Crippen LogP) is 3.17. The molecule has 0 radical (unpaired) electrons. The van der Waals surface area contributed by atoms with Gasteiger partial charge in [-0.2, -0.15) is 4.98 Å². The van der Waals surface area contributed by atoms with Crippen LogP contribution in [-0.2, 0) is 6.42 Å². The summed E-state index contributed by atoms with van der Waals surface area (Å²) >= 11 is 3.24. The topological polar surface area (TPSA) is 51.0 Å². The van der Waals surface area contributed by atoms with Crippen LogP contribution >= 0.6 is 15.9 Å². The third-order valence-corrected chi connectivity index (χ3v) is 3.29. The molecule has 2 aromatic rings. The van der Waals surface area contributed by atoms with Crippen LogP contribution in [0.3, 0.4) is 0 Å². The first-order chi connectivity index (χ1) is 9.06. The van der Waals surface area contributed by atoms with E-state index in [2.05, 4.69) is 31.4 Å². The molecular formula is C13H15BrFN3O. The van der Waals surface area contributed by atoms with Crippen LogP contribution in [-0.4, -0.2) is 16.7 Å². The molecule has 1 atom stereocenters. The maximum absolute atomic E-state index is 13.7. The van der Waals surface area contributed by atoms with Crippen LogP contribution in [0.25, 0.3) is 0 Å². The number of halogens is 2. The highest BCUT2D eigenvalue weighted by Crippen LogP contribution is 2.20. The van der Waals surface area contributed by atoms with Gasteiger partial charge in [0.1, 0.15) is 5.82 Å². The summed E-state index contributed by atoms with van der Waals surface area (Å²) in [4.78, 5) is 4.11. The number of benzene rings is 1. The summed E-state index contributed by atoms with van der Waals surface area (Å²) in [6.07, 6.45) is 0.653. The quantitative estimate of drug-likeness (QED) is 0.916. The Morgan fingerprint density at radius 2 is 2.26 bits per heavy atom. The third-order valence-electron chi connectivity index (χ3n) is 2.80. The number of hydrogen-bond acceptors (Lipinski definition) is 4. The van der Waals surface area contributed by atoms with Gasteiger partial charge in [-0.25, -0.2) is 4.39 Å². The molecule has 0 saturated carbocycles. The summed E-state index contributed by atoms with van der Waals surface area (Å²) in [5, 5.41) is 7.05. The first-order valence-corrected chi connectivity index (χ1v) is 6.83. The van der Waals surface area contributed by atoms with Crippen LogP contribution in [0.5, 0.6) is 0 Å². The Morgan fingerprint density at radius 3 is 2.89 bits per heavy atom. The number of aromatic nitrogens is 2. The van der Waals surface area contributed by atoms with E-state index in [0.717, 1.165) is 4.47 Å². The van der Waals surface area contributed by atoms with Gasteiger partial charge in [0.2, 0.25) is 5.89 Å². The SMILES string of the molecule is Cc1nc(CCNC(C)c2ccc(Br)cc2F)no1. The van der Waals surface area contributed by atoms with Crippen molar-refractivity contribution >= 4 is 15.9 Å². The minimum absolute atomic E-state index is 0.0684. The Hall–Kier alpha value is -1.27. The Kier molecular flexibility index (Phi) is 4.66. The average molecular weight is 328 g/mol. The fraction of sp³-hybridized carbons (Fsp3) is 0.385. The molecule has 0 spiro atoms. The van der Waals surface area contributed by atoms with Crippen molar-refractivity contribution in [2.75, 3.05) is 6.54 Å². The number of nitrogens with one attached hydrogen (secondary N) is 1. The van der Waals surface area contributed by atoms with E-state index in [1.165, 1.54) is 6.07 Å². The highest BCUT2D eigenvalue weighted by Gasteiger charge is 2.11. The Morgan fingerprint density at radius 1 is 1.47 bits per heavy atom. The number of rotatable bonds is 5. The van der Waals surface area contributed by atoms with Crippen LogP contribution in [0.1, 0.15) is 30.2 Å². The van der Waals surface area contributed by atoms with Gasteiger partial charge in [0, 0.05) is 36.0 Å². The van der Waals surface area contributed by atoms with Gasteiger partial charge >= 0.3 is 0 Å². The van der Waals surface area contributed by atoms with Crippen LogP contribution in [0.15, 0.2) is 27.2 Å². The van der Waals surface area contributed by atoms with Crippen molar-refractivity contribution in [1.29, 1.82) is 0 Å². The molecular weight excluding hydrogens is 313 g/mol. The highest BCUT2D eigenvalue weighted by molar-refractivity contribution is 9.10. The normalized spacial score (nSPS) is 12.6. The van der Waals surface area contributed by atoms with Crippen molar-refractivity contribution in [2.24, 2.45) is 0 Å². The molecule has 1 heterocycles. The molecule has 1 aromatic heterocycles. The van der Waals surface area contributed by atoms with Gasteiger partial charge in [0.15, 0.2) is 5.82 Å². The summed E-state index contributed by atoms with van der Waals surface area (Å²) in [6, 6.07) is 5.01. The molecule has 0 bridgehead atoms. The highest BCUT2D eigenvalue weighted by atomic mass is 79.9. The monoisotopic (exact) mass is 327 g/mol. The first-order valence-electron chi connectivity index (χ1n) is 6.04. The summed E-state index contributed by atoms with van der Waals surface area (Å²) in [5.74, 6) is 1.00. The van der Waals surface area contributed by atoms with E-state index in [1.807, 2.05) is 13.0 Å². The van der Waals surface area contributed by atoms with Crippen LogP contribution in [0.2, 0.25) is 0 Å². The molecule has 1 unspecified atom stereocenters. The second-order valence-corrected chi connectivity index (χ2v) is 5.24. The second-order valence-electron chi connectivity index (χ2n) is 4.32. The van der Waals surface area contributed by atoms with Crippen LogP contribution < -0.4 is 5.32 Å². The lowest BCUT2D eigenvalue weighted by atomic mass is 10.1. The maximum atomic E-state index is 13.7. The van der Waals surface area contributed by atoms with E-state index in [0.29, 0.717) is 30.2 Å². The van der Waals surface area contributed by atoms with Gasteiger partial charge in [0.25, 0.3) is 0 Å². The molecule has 1 N–H and O–H groups in total. The molecule has 0 aliphatic rings. The van der Waals surface area contributed by atoms with E-state index >= 15 is 0 Å². The van der Waals surface area contributed by atoms with Gasteiger partial charge < -0.3 is 9.84 Å². The maximum Gasteiger partial charge on any atom is 0.223 e. The van der Waals surface area contributed by atoms with Crippen LogP contribution in [0.4, 0.5) is 4.39 Å². The number of nitrogens with zero attached hydrogens (tertiary/aromatic N) is 2. The van der Waals surface area contributed by atoms with Gasteiger partial charge in [-0.15, -0.1) is 0 Å². The minimum atomic E-state index is -0.218. The second kappa shape index (κ2) is 6.25. The third kappa shape index (κ3) is 3.84.